The number of carboxylic acid groups (broad SMARTS) is 1. The monoisotopic (exact) mass is 361 g/mol. The molecule has 8 heteroatoms. The molecule has 0 unspecified atom stereocenters. The molecule has 8 nitrogen and oxygen atoms in total. The van der Waals surface area contributed by atoms with Crippen molar-refractivity contribution in [2.24, 2.45) is 0 Å². The standard InChI is InChI=1S/C18H23N3O5/c1-18(2,3)17-20-15(26-21-17)6-4-5-14(22)19-12-7-9-13(10-8-12)25-11-16(23)24/h7-10H,4-6,11H2,1-3H3,(H,19,22)(H,23,24). The van der Waals surface area contributed by atoms with Gasteiger partial charge < -0.3 is 19.7 Å². The van der Waals surface area contributed by atoms with Gasteiger partial charge in [-0.15, -0.1) is 0 Å². The topological polar surface area (TPSA) is 115 Å². The van der Waals surface area contributed by atoms with Gasteiger partial charge in [-0.1, -0.05) is 25.9 Å². The number of aromatic nitrogens is 2. The first-order chi connectivity index (χ1) is 12.2. The molecule has 1 aromatic heterocycles. The van der Waals surface area contributed by atoms with Crippen LogP contribution in [-0.2, 0) is 21.4 Å². The number of carboxylic acids is 1. The number of carbonyl (C=O) groups is 2. The van der Waals surface area contributed by atoms with Crippen molar-refractivity contribution in [1.29, 1.82) is 0 Å². The molecule has 0 aliphatic carbocycles. The van der Waals surface area contributed by atoms with Crippen LogP contribution in [0, 0.1) is 0 Å². The molecule has 1 heterocycles. The average Bonchev–Trinajstić information content (AvgIpc) is 3.03. The zero-order valence-electron chi connectivity index (χ0n) is 15.1. The number of hydrogen-bond acceptors (Lipinski definition) is 6. The van der Waals surface area contributed by atoms with Gasteiger partial charge in [-0.25, -0.2) is 4.79 Å². The van der Waals surface area contributed by atoms with Crippen LogP contribution in [0.4, 0.5) is 5.69 Å². The molecule has 140 valence electrons. The molecule has 2 N–H and O–H groups in total. The molecular weight excluding hydrogens is 338 g/mol. The molecular formula is C18H23N3O5. The Morgan fingerprint density at radius 2 is 1.92 bits per heavy atom. The lowest BCUT2D eigenvalue weighted by molar-refractivity contribution is -0.139. The Morgan fingerprint density at radius 1 is 1.23 bits per heavy atom. The number of hydrogen-bond donors (Lipinski definition) is 2. The van der Waals surface area contributed by atoms with Crippen molar-refractivity contribution >= 4 is 17.6 Å². The zero-order chi connectivity index (χ0) is 19.2. The highest BCUT2D eigenvalue weighted by atomic mass is 16.5. The lowest BCUT2D eigenvalue weighted by Gasteiger charge is -2.10. The summed E-state index contributed by atoms with van der Waals surface area (Å²) in [6.45, 7) is 5.62. The summed E-state index contributed by atoms with van der Waals surface area (Å²) in [7, 11) is 0. The van der Waals surface area contributed by atoms with E-state index in [1.165, 1.54) is 0 Å². The fourth-order valence-corrected chi connectivity index (χ4v) is 2.06. The molecule has 0 saturated heterocycles. The van der Waals surface area contributed by atoms with Crippen molar-refractivity contribution < 1.29 is 24.0 Å². The van der Waals surface area contributed by atoms with Crippen LogP contribution in [0.3, 0.4) is 0 Å². The average molecular weight is 361 g/mol. The minimum atomic E-state index is -1.04. The Kier molecular flexibility index (Phi) is 6.32. The predicted molar refractivity (Wildman–Crippen MR) is 94.1 cm³/mol. The zero-order valence-corrected chi connectivity index (χ0v) is 15.1. The largest absolute Gasteiger partial charge is 0.482 e. The number of rotatable bonds is 8. The van der Waals surface area contributed by atoms with Gasteiger partial charge in [0.15, 0.2) is 12.4 Å². The van der Waals surface area contributed by atoms with E-state index in [0.29, 0.717) is 42.4 Å². The van der Waals surface area contributed by atoms with Crippen LogP contribution in [0.25, 0.3) is 0 Å². The van der Waals surface area contributed by atoms with Crippen molar-refractivity contribution in [1.82, 2.24) is 10.1 Å². The van der Waals surface area contributed by atoms with Gasteiger partial charge in [-0.05, 0) is 30.7 Å². The van der Waals surface area contributed by atoms with E-state index >= 15 is 0 Å². The number of nitrogens with one attached hydrogen (secondary N) is 1. The second-order valence-electron chi connectivity index (χ2n) is 6.87. The number of benzene rings is 1. The number of carbonyl (C=O) groups excluding carboxylic acids is 1. The first-order valence-electron chi connectivity index (χ1n) is 8.31. The van der Waals surface area contributed by atoms with E-state index in [2.05, 4.69) is 15.5 Å². The summed E-state index contributed by atoms with van der Waals surface area (Å²) in [4.78, 5) is 26.8. The molecule has 0 radical (unpaired) electrons. The summed E-state index contributed by atoms with van der Waals surface area (Å²) in [5, 5.41) is 15.3. The van der Waals surface area contributed by atoms with Gasteiger partial charge in [0.1, 0.15) is 5.75 Å². The molecule has 0 fully saturated rings. The van der Waals surface area contributed by atoms with E-state index < -0.39 is 12.6 Å². The van der Waals surface area contributed by atoms with Gasteiger partial charge in [0, 0.05) is 23.9 Å². The lowest BCUT2D eigenvalue weighted by Crippen LogP contribution is -2.13. The first kappa shape index (κ1) is 19.4. The molecule has 1 aromatic carbocycles. The quantitative estimate of drug-likeness (QED) is 0.743. The maximum Gasteiger partial charge on any atom is 0.341 e. The Labute approximate surface area is 151 Å². The third-order valence-electron chi connectivity index (χ3n) is 3.43. The van der Waals surface area contributed by atoms with E-state index in [9.17, 15) is 9.59 Å². The van der Waals surface area contributed by atoms with Gasteiger partial charge in [-0.2, -0.15) is 4.98 Å². The van der Waals surface area contributed by atoms with E-state index in [1.54, 1.807) is 24.3 Å². The van der Waals surface area contributed by atoms with Gasteiger partial charge in [0.2, 0.25) is 11.8 Å². The Balaban J connectivity index is 1.75. The van der Waals surface area contributed by atoms with Gasteiger partial charge in [0.25, 0.3) is 0 Å². The third kappa shape index (κ3) is 6.19. The van der Waals surface area contributed by atoms with E-state index in [4.69, 9.17) is 14.4 Å². The van der Waals surface area contributed by atoms with Crippen LogP contribution in [-0.4, -0.2) is 33.7 Å². The van der Waals surface area contributed by atoms with Crippen molar-refractivity contribution in [3.8, 4) is 5.75 Å². The van der Waals surface area contributed by atoms with Crippen molar-refractivity contribution in [3.05, 3.63) is 36.0 Å². The predicted octanol–water partition coefficient (Wildman–Crippen LogP) is 2.79. The highest BCUT2D eigenvalue weighted by molar-refractivity contribution is 5.90. The second-order valence-corrected chi connectivity index (χ2v) is 6.87. The molecule has 26 heavy (non-hydrogen) atoms. The SMILES string of the molecule is CC(C)(C)c1noc(CCCC(=O)Nc2ccc(OCC(=O)O)cc2)n1. The van der Waals surface area contributed by atoms with E-state index in [1.807, 2.05) is 20.8 Å². The smallest absolute Gasteiger partial charge is 0.341 e. The fraction of sp³-hybridized carbons (Fsp3) is 0.444. The molecule has 0 aliphatic heterocycles. The van der Waals surface area contributed by atoms with Gasteiger partial charge >= 0.3 is 5.97 Å². The van der Waals surface area contributed by atoms with Crippen molar-refractivity contribution in [2.75, 3.05) is 11.9 Å². The van der Waals surface area contributed by atoms with Crippen LogP contribution in [0.2, 0.25) is 0 Å². The maximum atomic E-state index is 12.0. The van der Waals surface area contributed by atoms with Crippen molar-refractivity contribution in [2.45, 2.75) is 45.4 Å². The Bertz CT molecular complexity index is 747. The molecule has 2 rings (SSSR count). The molecule has 1 amide bonds. The lowest BCUT2D eigenvalue weighted by atomic mass is 9.96. The number of nitrogens with zero attached hydrogens (tertiary/aromatic N) is 2. The number of aryl methyl sites for hydroxylation is 1. The normalized spacial score (nSPS) is 11.2. The molecule has 2 aromatic rings. The molecule has 0 spiro atoms. The van der Waals surface area contributed by atoms with Crippen LogP contribution >= 0.6 is 0 Å². The maximum absolute atomic E-state index is 12.0. The molecule has 0 atom stereocenters. The first-order valence-corrected chi connectivity index (χ1v) is 8.31. The summed E-state index contributed by atoms with van der Waals surface area (Å²) in [6, 6.07) is 6.52. The van der Waals surface area contributed by atoms with Crippen molar-refractivity contribution in [3.63, 3.8) is 0 Å². The Morgan fingerprint density at radius 3 is 2.50 bits per heavy atom. The number of ether oxygens (including phenoxy) is 1. The molecule has 0 aliphatic rings. The second kappa shape index (κ2) is 8.46. The highest BCUT2D eigenvalue weighted by Crippen LogP contribution is 2.19. The van der Waals surface area contributed by atoms with Gasteiger partial charge in [0.05, 0.1) is 0 Å². The van der Waals surface area contributed by atoms with Gasteiger partial charge in [-0.3, -0.25) is 4.79 Å². The van der Waals surface area contributed by atoms with E-state index in [0.717, 1.165) is 0 Å². The summed E-state index contributed by atoms with van der Waals surface area (Å²) in [5.74, 6) is 0.444. The van der Waals surface area contributed by atoms with Crippen LogP contribution in [0.15, 0.2) is 28.8 Å². The highest BCUT2D eigenvalue weighted by Gasteiger charge is 2.20. The fourth-order valence-electron chi connectivity index (χ4n) is 2.06. The molecule has 0 bridgehead atoms. The summed E-state index contributed by atoms with van der Waals surface area (Å²) >= 11 is 0. The number of anilines is 1. The summed E-state index contributed by atoms with van der Waals surface area (Å²) < 4.78 is 10.2. The summed E-state index contributed by atoms with van der Waals surface area (Å²) in [5.41, 5.74) is 0.449. The Hall–Kier alpha value is -2.90. The van der Waals surface area contributed by atoms with Crippen LogP contribution in [0.1, 0.15) is 45.3 Å². The van der Waals surface area contributed by atoms with E-state index in [-0.39, 0.29) is 11.3 Å². The summed E-state index contributed by atoms with van der Waals surface area (Å²) in [6.07, 6.45) is 1.46. The number of aliphatic carboxylic acids is 1. The number of amides is 1. The van der Waals surface area contributed by atoms with Crippen LogP contribution in [0.5, 0.6) is 5.75 Å². The minimum absolute atomic E-state index is 0.125. The van der Waals surface area contributed by atoms with Crippen LogP contribution < -0.4 is 10.1 Å². The molecule has 0 saturated carbocycles. The third-order valence-corrected chi connectivity index (χ3v) is 3.43. The minimum Gasteiger partial charge on any atom is -0.482 e.